The molecule has 4 amide bonds. The van der Waals surface area contributed by atoms with Crippen LogP contribution >= 0.6 is 0 Å². The minimum Gasteiger partial charge on any atom is -0.391 e. The molecule has 0 unspecified atom stereocenters. The molecular weight excluding hydrogens is 618 g/mol. The number of primary amides is 1. The molecule has 0 aliphatic carbocycles. The second kappa shape index (κ2) is 15.1. The Balaban J connectivity index is 1.42. The van der Waals surface area contributed by atoms with Gasteiger partial charge in [0.1, 0.15) is 11.7 Å². The van der Waals surface area contributed by atoms with Crippen molar-refractivity contribution in [1.29, 1.82) is 0 Å². The van der Waals surface area contributed by atoms with Gasteiger partial charge in [-0.2, -0.15) is 0 Å². The van der Waals surface area contributed by atoms with Crippen molar-refractivity contribution in [2.45, 2.75) is 63.8 Å². The van der Waals surface area contributed by atoms with Crippen LogP contribution in [0.1, 0.15) is 59.2 Å². The molecule has 252 valence electrons. The highest BCUT2D eigenvalue weighted by atomic mass is 16.3. The van der Waals surface area contributed by atoms with E-state index in [1.807, 2.05) is 99.6 Å². The van der Waals surface area contributed by atoms with Crippen molar-refractivity contribution in [2.24, 2.45) is 5.73 Å². The number of para-hydroxylation sites is 1. The summed E-state index contributed by atoms with van der Waals surface area (Å²) in [7, 11) is 0. The van der Waals surface area contributed by atoms with Crippen LogP contribution < -0.4 is 21.7 Å². The van der Waals surface area contributed by atoms with Gasteiger partial charge in [0.25, 0.3) is 11.8 Å². The molecule has 0 spiro atoms. The minimum atomic E-state index is -1.34. The zero-order chi connectivity index (χ0) is 35.1. The number of rotatable bonds is 12. The summed E-state index contributed by atoms with van der Waals surface area (Å²) in [5.41, 5.74) is 7.53. The molecule has 6 N–H and O–H groups in total. The van der Waals surface area contributed by atoms with E-state index in [4.69, 9.17) is 5.73 Å². The molecule has 1 aromatic heterocycles. The lowest BCUT2D eigenvalue weighted by Gasteiger charge is -2.28. The van der Waals surface area contributed by atoms with E-state index in [2.05, 4.69) is 20.9 Å². The van der Waals surface area contributed by atoms with Gasteiger partial charge < -0.3 is 26.8 Å². The first kappa shape index (κ1) is 34.7. The normalized spacial score (nSPS) is 13.3. The zero-order valence-electron chi connectivity index (χ0n) is 27.8. The fourth-order valence-electron chi connectivity index (χ4n) is 5.71. The molecule has 0 saturated carbocycles. The van der Waals surface area contributed by atoms with Gasteiger partial charge in [0.15, 0.2) is 0 Å². The van der Waals surface area contributed by atoms with E-state index < -0.39 is 47.9 Å². The van der Waals surface area contributed by atoms with E-state index in [0.717, 1.165) is 21.7 Å². The third kappa shape index (κ3) is 9.27. The molecule has 10 heteroatoms. The first-order valence-electron chi connectivity index (χ1n) is 16.2. The maximum absolute atomic E-state index is 13.8. The van der Waals surface area contributed by atoms with E-state index in [1.54, 1.807) is 18.2 Å². The smallest absolute Gasteiger partial charge is 0.270 e. The van der Waals surface area contributed by atoms with Crippen molar-refractivity contribution < 1.29 is 24.3 Å². The largest absolute Gasteiger partial charge is 0.391 e. The van der Waals surface area contributed by atoms with Crippen LogP contribution in [0.3, 0.4) is 0 Å². The number of hydrogen-bond donors (Lipinski definition) is 5. The van der Waals surface area contributed by atoms with Crippen molar-refractivity contribution in [3.63, 3.8) is 0 Å². The molecule has 0 fully saturated rings. The van der Waals surface area contributed by atoms with Gasteiger partial charge >= 0.3 is 0 Å². The fraction of sp³-hybridized carbons (Fsp3) is 0.256. The lowest BCUT2D eigenvalue weighted by molar-refractivity contribution is -0.128. The summed E-state index contributed by atoms with van der Waals surface area (Å²) < 4.78 is 0. The van der Waals surface area contributed by atoms with Gasteiger partial charge in [0, 0.05) is 22.9 Å². The van der Waals surface area contributed by atoms with Crippen LogP contribution in [-0.2, 0) is 22.4 Å². The standard InChI is InChI=1S/C39H41N5O5/c1-39(2,3)44-36(47)29-21-27-15-8-7-14-26(27)20-28(29)22-34(45)32(19-24-11-5-4-6-12-24)42-38(49)33(23-35(40)46)43-37(48)31-18-17-25-13-9-10-16-30(25)41-31/h4-18,20-21,32-34,45H,19,22-23H2,1-3H3,(H2,40,46)(H,42,49)(H,43,48)(H,44,47)/t32-,33-,34+/m0/s1. The van der Waals surface area contributed by atoms with E-state index in [-0.39, 0.29) is 24.4 Å². The number of aliphatic hydroxyl groups excluding tert-OH is 1. The third-order valence-electron chi connectivity index (χ3n) is 8.08. The van der Waals surface area contributed by atoms with Crippen molar-refractivity contribution in [3.8, 4) is 0 Å². The Morgan fingerprint density at radius 1 is 0.755 bits per heavy atom. The predicted octanol–water partition coefficient (Wildman–Crippen LogP) is 4.22. The van der Waals surface area contributed by atoms with Gasteiger partial charge in [0.2, 0.25) is 11.8 Å². The van der Waals surface area contributed by atoms with Crippen LogP contribution in [0.15, 0.2) is 103 Å². The van der Waals surface area contributed by atoms with Gasteiger partial charge in [-0.25, -0.2) is 4.98 Å². The summed E-state index contributed by atoms with van der Waals surface area (Å²) in [6, 6.07) is 29.0. The van der Waals surface area contributed by atoms with Gasteiger partial charge in [-0.15, -0.1) is 0 Å². The number of benzene rings is 4. The van der Waals surface area contributed by atoms with Crippen LogP contribution in [0.5, 0.6) is 0 Å². The number of aliphatic hydroxyl groups is 1. The molecule has 0 aliphatic rings. The fourth-order valence-corrected chi connectivity index (χ4v) is 5.71. The average molecular weight is 660 g/mol. The molecule has 0 aliphatic heterocycles. The molecule has 0 bridgehead atoms. The van der Waals surface area contributed by atoms with Crippen LogP contribution in [0, 0.1) is 0 Å². The number of nitrogens with one attached hydrogen (secondary N) is 3. The summed E-state index contributed by atoms with van der Waals surface area (Å²) in [6.45, 7) is 5.68. The highest BCUT2D eigenvalue weighted by Crippen LogP contribution is 2.24. The Morgan fingerprint density at radius 2 is 1.39 bits per heavy atom. The summed E-state index contributed by atoms with van der Waals surface area (Å²) in [5.74, 6) is -2.43. The molecular formula is C39H41N5O5. The monoisotopic (exact) mass is 659 g/mol. The highest BCUT2D eigenvalue weighted by Gasteiger charge is 2.30. The van der Waals surface area contributed by atoms with Gasteiger partial charge in [-0.3, -0.25) is 19.2 Å². The van der Waals surface area contributed by atoms with E-state index >= 15 is 0 Å². The van der Waals surface area contributed by atoms with Crippen LogP contribution in [0.4, 0.5) is 0 Å². The number of fused-ring (bicyclic) bond motifs is 2. The predicted molar refractivity (Wildman–Crippen MR) is 190 cm³/mol. The molecule has 49 heavy (non-hydrogen) atoms. The second-order valence-electron chi connectivity index (χ2n) is 13.2. The first-order chi connectivity index (χ1) is 23.4. The van der Waals surface area contributed by atoms with Gasteiger partial charge in [-0.1, -0.05) is 84.9 Å². The molecule has 5 rings (SSSR count). The van der Waals surface area contributed by atoms with E-state index in [1.165, 1.54) is 6.07 Å². The molecule has 10 nitrogen and oxygen atoms in total. The summed E-state index contributed by atoms with van der Waals surface area (Å²) in [4.78, 5) is 57.0. The number of amides is 4. The zero-order valence-corrected chi connectivity index (χ0v) is 27.8. The van der Waals surface area contributed by atoms with Gasteiger partial charge in [-0.05, 0) is 67.3 Å². The van der Waals surface area contributed by atoms with Crippen molar-refractivity contribution in [3.05, 3.63) is 126 Å². The first-order valence-corrected chi connectivity index (χ1v) is 16.2. The summed E-state index contributed by atoms with van der Waals surface area (Å²) in [5, 5.41) is 22.9. The van der Waals surface area contributed by atoms with E-state index in [9.17, 15) is 24.3 Å². The molecule has 4 aromatic carbocycles. The van der Waals surface area contributed by atoms with Crippen molar-refractivity contribution >= 4 is 45.3 Å². The quantitative estimate of drug-likeness (QED) is 0.135. The number of hydrogen-bond acceptors (Lipinski definition) is 6. The average Bonchev–Trinajstić information content (AvgIpc) is 3.06. The maximum atomic E-state index is 13.8. The molecule has 0 saturated heterocycles. The minimum absolute atomic E-state index is 0.0311. The second-order valence-corrected chi connectivity index (χ2v) is 13.2. The van der Waals surface area contributed by atoms with E-state index in [0.29, 0.717) is 16.6 Å². The topological polar surface area (TPSA) is 164 Å². The number of nitrogens with two attached hydrogens (primary N) is 1. The SMILES string of the molecule is CC(C)(C)NC(=O)c1cc2ccccc2cc1C[C@@H](O)[C@H](Cc1ccccc1)NC(=O)[C@H](CC(N)=O)NC(=O)c1ccc2ccccc2n1. The molecule has 5 aromatic rings. The van der Waals surface area contributed by atoms with Crippen molar-refractivity contribution in [1.82, 2.24) is 20.9 Å². The lowest BCUT2D eigenvalue weighted by Crippen LogP contribution is -2.54. The Morgan fingerprint density at radius 3 is 2.06 bits per heavy atom. The molecule has 1 heterocycles. The summed E-state index contributed by atoms with van der Waals surface area (Å²) in [6.07, 6.45) is -1.38. The molecule has 0 radical (unpaired) electrons. The number of nitrogens with zero attached hydrogens (tertiary/aromatic N) is 1. The van der Waals surface area contributed by atoms with Crippen molar-refractivity contribution in [2.75, 3.05) is 0 Å². The molecule has 3 atom stereocenters. The third-order valence-corrected chi connectivity index (χ3v) is 8.08. The number of pyridine rings is 1. The number of aromatic nitrogens is 1. The van der Waals surface area contributed by atoms with Crippen LogP contribution in [0.25, 0.3) is 21.7 Å². The Labute approximate surface area is 285 Å². The van der Waals surface area contributed by atoms with Gasteiger partial charge in [0.05, 0.1) is 24.1 Å². The maximum Gasteiger partial charge on any atom is 0.270 e. The Bertz CT molecular complexity index is 1990. The van der Waals surface area contributed by atoms with Crippen LogP contribution in [-0.4, -0.2) is 57.4 Å². The summed E-state index contributed by atoms with van der Waals surface area (Å²) >= 11 is 0. The Hall–Kier alpha value is -5.61. The van der Waals surface area contributed by atoms with Crippen LogP contribution in [0.2, 0.25) is 0 Å². The number of carbonyl (C=O) groups excluding carboxylic acids is 4. The highest BCUT2D eigenvalue weighted by molar-refractivity contribution is 6.01. The lowest BCUT2D eigenvalue weighted by atomic mass is 9.91. The Kier molecular flexibility index (Phi) is 10.7. The number of carbonyl (C=O) groups is 4.